The molecule has 0 atom stereocenters. The quantitative estimate of drug-likeness (QED) is 0.873. The average molecular weight is 348 g/mol. The first-order chi connectivity index (χ1) is 10.1. The highest BCUT2D eigenvalue weighted by Crippen LogP contribution is 2.20. The summed E-state index contributed by atoms with van der Waals surface area (Å²) in [5.74, 6) is 0.830. The van der Waals surface area contributed by atoms with Gasteiger partial charge in [-0.1, -0.05) is 28.1 Å². The molecule has 0 bridgehead atoms. The largest absolute Gasteiger partial charge is 0.497 e. The Bertz CT molecular complexity index is 640. The van der Waals surface area contributed by atoms with Crippen molar-refractivity contribution in [1.29, 1.82) is 0 Å². The van der Waals surface area contributed by atoms with Crippen LogP contribution in [0.2, 0.25) is 0 Å². The molecule has 0 fully saturated rings. The third-order valence-corrected chi connectivity index (χ3v) is 4.11. The van der Waals surface area contributed by atoms with E-state index in [1.807, 2.05) is 49.4 Å². The van der Waals surface area contributed by atoms with E-state index in [9.17, 15) is 4.79 Å². The minimum absolute atomic E-state index is 0.0135. The van der Waals surface area contributed by atoms with Crippen LogP contribution in [-0.4, -0.2) is 13.0 Å². The van der Waals surface area contributed by atoms with E-state index in [1.165, 1.54) is 0 Å². The summed E-state index contributed by atoms with van der Waals surface area (Å²) in [4.78, 5) is 12.0. The number of carbonyl (C=O) groups is 1. The second-order valence-electron chi connectivity index (χ2n) is 4.86. The standard InChI is InChI=1S/C17H18BrNO2/c1-12-10-14(7-8-16(12)18)19-17(20)9-6-13-4-3-5-15(11-13)21-2/h3-5,7-8,10-11H,6,9H2,1-2H3,(H,19,20). The van der Waals surface area contributed by atoms with Gasteiger partial charge < -0.3 is 10.1 Å². The summed E-state index contributed by atoms with van der Waals surface area (Å²) in [7, 11) is 1.64. The van der Waals surface area contributed by atoms with Gasteiger partial charge in [-0.3, -0.25) is 4.79 Å². The van der Waals surface area contributed by atoms with Crippen molar-refractivity contribution in [2.75, 3.05) is 12.4 Å². The van der Waals surface area contributed by atoms with Crippen molar-refractivity contribution in [3.05, 3.63) is 58.1 Å². The van der Waals surface area contributed by atoms with Gasteiger partial charge in [0.15, 0.2) is 0 Å². The Kier molecular flexibility index (Phi) is 5.39. The highest BCUT2D eigenvalue weighted by molar-refractivity contribution is 9.10. The predicted molar refractivity (Wildman–Crippen MR) is 88.8 cm³/mol. The van der Waals surface area contributed by atoms with Crippen LogP contribution in [0.3, 0.4) is 0 Å². The maximum atomic E-state index is 12.0. The van der Waals surface area contributed by atoms with Crippen molar-refractivity contribution < 1.29 is 9.53 Å². The predicted octanol–water partition coefficient (Wildman–Crippen LogP) is 4.34. The molecule has 4 heteroatoms. The summed E-state index contributed by atoms with van der Waals surface area (Å²) in [6, 6.07) is 13.6. The molecule has 0 aliphatic rings. The van der Waals surface area contributed by atoms with Crippen molar-refractivity contribution >= 4 is 27.5 Å². The molecular formula is C17H18BrNO2. The second-order valence-corrected chi connectivity index (χ2v) is 5.72. The van der Waals surface area contributed by atoms with Gasteiger partial charge in [0, 0.05) is 16.6 Å². The van der Waals surface area contributed by atoms with Gasteiger partial charge in [-0.2, -0.15) is 0 Å². The number of benzene rings is 2. The Morgan fingerprint density at radius 1 is 1.24 bits per heavy atom. The number of carbonyl (C=O) groups excluding carboxylic acids is 1. The fourth-order valence-corrected chi connectivity index (χ4v) is 2.28. The maximum Gasteiger partial charge on any atom is 0.224 e. The number of amides is 1. The molecule has 1 amide bonds. The fraction of sp³-hybridized carbons (Fsp3) is 0.235. The van der Waals surface area contributed by atoms with Crippen LogP contribution in [0.5, 0.6) is 5.75 Å². The van der Waals surface area contributed by atoms with Crippen molar-refractivity contribution in [3.63, 3.8) is 0 Å². The van der Waals surface area contributed by atoms with Crippen LogP contribution in [0, 0.1) is 6.92 Å². The summed E-state index contributed by atoms with van der Waals surface area (Å²) in [5.41, 5.74) is 3.02. The van der Waals surface area contributed by atoms with Crippen LogP contribution >= 0.6 is 15.9 Å². The molecule has 1 N–H and O–H groups in total. The lowest BCUT2D eigenvalue weighted by molar-refractivity contribution is -0.116. The maximum absolute atomic E-state index is 12.0. The van der Waals surface area contributed by atoms with E-state index in [2.05, 4.69) is 21.2 Å². The third-order valence-electron chi connectivity index (χ3n) is 3.22. The van der Waals surface area contributed by atoms with Gasteiger partial charge in [0.2, 0.25) is 5.91 Å². The van der Waals surface area contributed by atoms with E-state index in [4.69, 9.17) is 4.74 Å². The first-order valence-corrected chi connectivity index (χ1v) is 7.56. The SMILES string of the molecule is COc1cccc(CCC(=O)Nc2ccc(Br)c(C)c2)c1. The summed E-state index contributed by atoms with van der Waals surface area (Å²) in [6.07, 6.45) is 1.14. The van der Waals surface area contributed by atoms with Crippen molar-refractivity contribution in [2.24, 2.45) is 0 Å². The first kappa shape index (κ1) is 15.6. The Labute approximate surface area is 133 Å². The molecule has 0 aliphatic heterocycles. The smallest absolute Gasteiger partial charge is 0.224 e. The van der Waals surface area contributed by atoms with E-state index < -0.39 is 0 Å². The van der Waals surface area contributed by atoms with Crippen molar-refractivity contribution in [1.82, 2.24) is 0 Å². The lowest BCUT2D eigenvalue weighted by Gasteiger charge is -2.08. The Hall–Kier alpha value is -1.81. The van der Waals surface area contributed by atoms with E-state index in [0.29, 0.717) is 12.8 Å². The van der Waals surface area contributed by atoms with Gasteiger partial charge in [0.1, 0.15) is 5.75 Å². The molecular weight excluding hydrogens is 330 g/mol. The minimum Gasteiger partial charge on any atom is -0.497 e. The van der Waals surface area contributed by atoms with E-state index >= 15 is 0 Å². The molecule has 2 aromatic carbocycles. The molecule has 0 heterocycles. The zero-order valence-corrected chi connectivity index (χ0v) is 13.7. The van der Waals surface area contributed by atoms with Gasteiger partial charge >= 0.3 is 0 Å². The van der Waals surface area contributed by atoms with Crippen LogP contribution in [0.25, 0.3) is 0 Å². The van der Waals surface area contributed by atoms with Crippen LogP contribution < -0.4 is 10.1 Å². The number of hydrogen-bond donors (Lipinski definition) is 1. The first-order valence-electron chi connectivity index (χ1n) is 6.77. The van der Waals surface area contributed by atoms with E-state index in [-0.39, 0.29) is 5.91 Å². The number of anilines is 1. The zero-order chi connectivity index (χ0) is 15.2. The highest BCUT2D eigenvalue weighted by atomic mass is 79.9. The topological polar surface area (TPSA) is 38.3 Å². The minimum atomic E-state index is 0.0135. The summed E-state index contributed by atoms with van der Waals surface area (Å²) < 4.78 is 6.22. The molecule has 0 aliphatic carbocycles. The molecule has 2 aromatic rings. The molecule has 0 saturated carbocycles. The summed E-state index contributed by atoms with van der Waals surface area (Å²) in [5, 5.41) is 2.92. The Morgan fingerprint density at radius 3 is 2.76 bits per heavy atom. The van der Waals surface area contributed by atoms with Crippen molar-refractivity contribution in [2.45, 2.75) is 19.8 Å². The van der Waals surface area contributed by atoms with Gasteiger partial charge in [0.25, 0.3) is 0 Å². The van der Waals surface area contributed by atoms with Crippen molar-refractivity contribution in [3.8, 4) is 5.75 Å². The molecule has 0 radical (unpaired) electrons. The summed E-state index contributed by atoms with van der Waals surface area (Å²) in [6.45, 7) is 2.00. The molecule has 0 spiro atoms. The van der Waals surface area contributed by atoms with Gasteiger partial charge in [-0.15, -0.1) is 0 Å². The highest BCUT2D eigenvalue weighted by Gasteiger charge is 2.05. The monoisotopic (exact) mass is 347 g/mol. The molecule has 0 unspecified atom stereocenters. The lowest BCUT2D eigenvalue weighted by Crippen LogP contribution is -2.12. The number of aryl methyl sites for hydroxylation is 2. The molecule has 3 nitrogen and oxygen atoms in total. The number of nitrogens with one attached hydrogen (secondary N) is 1. The number of ether oxygens (including phenoxy) is 1. The molecule has 21 heavy (non-hydrogen) atoms. The number of hydrogen-bond acceptors (Lipinski definition) is 2. The average Bonchev–Trinajstić information content (AvgIpc) is 2.49. The van der Waals surface area contributed by atoms with Crippen LogP contribution in [0.15, 0.2) is 46.9 Å². The van der Waals surface area contributed by atoms with E-state index in [1.54, 1.807) is 7.11 Å². The zero-order valence-electron chi connectivity index (χ0n) is 12.2. The van der Waals surface area contributed by atoms with Crippen LogP contribution in [0.4, 0.5) is 5.69 Å². The number of rotatable bonds is 5. The third kappa shape index (κ3) is 4.60. The molecule has 110 valence electrons. The summed E-state index contributed by atoms with van der Waals surface area (Å²) >= 11 is 3.45. The second kappa shape index (κ2) is 7.27. The van der Waals surface area contributed by atoms with Gasteiger partial charge in [0.05, 0.1) is 7.11 Å². The van der Waals surface area contributed by atoms with E-state index in [0.717, 1.165) is 27.0 Å². The normalized spacial score (nSPS) is 10.2. The molecule has 2 rings (SSSR count). The Morgan fingerprint density at radius 2 is 2.05 bits per heavy atom. The Balaban J connectivity index is 1.91. The molecule has 0 saturated heterocycles. The number of methoxy groups -OCH3 is 1. The van der Waals surface area contributed by atoms with Gasteiger partial charge in [-0.05, 0) is 54.8 Å². The van der Waals surface area contributed by atoms with Crippen LogP contribution in [-0.2, 0) is 11.2 Å². The molecule has 0 aromatic heterocycles. The van der Waals surface area contributed by atoms with Crippen LogP contribution in [0.1, 0.15) is 17.5 Å². The lowest BCUT2D eigenvalue weighted by atomic mass is 10.1. The fourth-order valence-electron chi connectivity index (χ4n) is 2.03. The van der Waals surface area contributed by atoms with Gasteiger partial charge in [-0.25, -0.2) is 0 Å². The number of halogens is 1.